The SMILES string of the molecule is CN(Cc1ccco1)C(=O)NCc1cc2n(n1)CCN(C(=O)C1CCC1)C2. The Morgan fingerprint density at radius 1 is 1.37 bits per heavy atom. The van der Waals surface area contributed by atoms with Gasteiger partial charge in [0.05, 0.1) is 43.8 Å². The molecule has 4 rings (SSSR count). The number of nitrogens with one attached hydrogen (secondary N) is 1. The largest absolute Gasteiger partial charge is 0.467 e. The van der Waals surface area contributed by atoms with Crippen LogP contribution in [0.2, 0.25) is 0 Å². The summed E-state index contributed by atoms with van der Waals surface area (Å²) in [5, 5.41) is 7.44. The maximum atomic E-state index is 12.4. The minimum absolute atomic E-state index is 0.181. The summed E-state index contributed by atoms with van der Waals surface area (Å²) in [6, 6.07) is 5.44. The van der Waals surface area contributed by atoms with E-state index in [-0.39, 0.29) is 17.9 Å². The van der Waals surface area contributed by atoms with Crippen LogP contribution in [0, 0.1) is 5.92 Å². The van der Waals surface area contributed by atoms with E-state index in [9.17, 15) is 9.59 Å². The van der Waals surface area contributed by atoms with Gasteiger partial charge in [0.1, 0.15) is 5.76 Å². The molecular formula is C19H25N5O3. The van der Waals surface area contributed by atoms with Crippen LogP contribution in [0.15, 0.2) is 28.9 Å². The molecule has 8 heteroatoms. The van der Waals surface area contributed by atoms with Gasteiger partial charge in [0.15, 0.2) is 0 Å². The van der Waals surface area contributed by atoms with Crippen molar-refractivity contribution in [1.82, 2.24) is 24.9 Å². The van der Waals surface area contributed by atoms with Gasteiger partial charge in [0, 0.05) is 19.5 Å². The molecule has 8 nitrogen and oxygen atoms in total. The fraction of sp³-hybridized carbons (Fsp3) is 0.526. The highest BCUT2D eigenvalue weighted by Crippen LogP contribution is 2.29. The fourth-order valence-electron chi connectivity index (χ4n) is 3.52. The zero-order chi connectivity index (χ0) is 18.8. The average molecular weight is 371 g/mol. The van der Waals surface area contributed by atoms with Gasteiger partial charge in [-0.15, -0.1) is 0 Å². The van der Waals surface area contributed by atoms with Crippen LogP contribution in [0.1, 0.15) is 36.4 Å². The predicted molar refractivity (Wildman–Crippen MR) is 97.4 cm³/mol. The first-order chi connectivity index (χ1) is 13.1. The first-order valence-electron chi connectivity index (χ1n) is 9.46. The van der Waals surface area contributed by atoms with E-state index in [2.05, 4.69) is 10.4 Å². The summed E-state index contributed by atoms with van der Waals surface area (Å²) >= 11 is 0. The first-order valence-corrected chi connectivity index (χ1v) is 9.46. The molecule has 0 saturated heterocycles. The molecule has 0 bridgehead atoms. The average Bonchev–Trinajstić information content (AvgIpc) is 3.26. The number of carbonyl (C=O) groups is 2. The van der Waals surface area contributed by atoms with Gasteiger partial charge in [-0.2, -0.15) is 5.10 Å². The molecule has 1 aliphatic carbocycles. The Morgan fingerprint density at radius 2 is 2.22 bits per heavy atom. The monoisotopic (exact) mass is 371 g/mol. The summed E-state index contributed by atoms with van der Waals surface area (Å²) < 4.78 is 7.20. The maximum absolute atomic E-state index is 12.4. The lowest BCUT2D eigenvalue weighted by Crippen LogP contribution is -2.43. The van der Waals surface area contributed by atoms with E-state index in [1.807, 2.05) is 21.7 Å². The van der Waals surface area contributed by atoms with Crippen molar-refractivity contribution < 1.29 is 14.0 Å². The second-order valence-electron chi connectivity index (χ2n) is 7.33. The van der Waals surface area contributed by atoms with Gasteiger partial charge in [-0.3, -0.25) is 9.48 Å². The van der Waals surface area contributed by atoms with E-state index < -0.39 is 0 Å². The number of nitrogens with zero attached hydrogens (tertiary/aromatic N) is 4. The van der Waals surface area contributed by atoms with E-state index in [1.165, 1.54) is 6.42 Å². The van der Waals surface area contributed by atoms with Crippen molar-refractivity contribution in [2.45, 2.75) is 45.4 Å². The van der Waals surface area contributed by atoms with E-state index in [1.54, 1.807) is 24.3 Å². The van der Waals surface area contributed by atoms with Crippen molar-refractivity contribution in [3.05, 3.63) is 41.6 Å². The van der Waals surface area contributed by atoms with E-state index in [4.69, 9.17) is 4.42 Å². The zero-order valence-corrected chi connectivity index (χ0v) is 15.6. The third-order valence-electron chi connectivity index (χ3n) is 5.36. The van der Waals surface area contributed by atoms with Crippen molar-refractivity contribution >= 4 is 11.9 Å². The summed E-state index contributed by atoms with van der Waals surface area (Å²) in [5.41, 5.74) is 1.84. The van der Waals surface area contributed by atoms with Crippen molar-refractivity contribution in [2.75, 3.05) is 13.6 Å². The molecule has 1 aliphatic heterocycles. The molecule has 3 amide bonds. The van der Waals surface area contributed by atoms with Gasteiger partial charge >= 0.3 is 6.03 Å². The molecule has 1 saturated carbocycles. The molecule has 0 unspecified atom stereocenters. The standard InChI is InChI=1S/C19H25N5O3/c1-22(13-17-6-3-9-27-17)19(26)20-11-15-10-16-12-23(7-8-24(16)21-15)18(25)14-4-2-5-14/h3,6,9-10,14H,2,4-5,7-8,11-13H2,1H3,(H,20,26). The van der Waals surface area contributed by atoms with Gasteiger partial charge < -0.3 is 19.5 Å². The van der Waals surface area contributed by atoms with Crippen molar-refractivity contribution in [2.24, 2.45) is 5.92 Å². The summed E-state index contributed by atoms with van der Waals surface area (Å²) in [6.07, 6.45) is 4.81. The summed E-state index contributed by atoms with van der Waals surface area (Å²) in [7, 11) is 1.72. The Morgan fingerprint density at radius 3 is 2.93 bits per heavy atom. The normalized spacial score (nSPS) is 16.6. The number of urea groups is 1. The third-order valence-corrected chi connectivity index (χ3v) is 5.36. The number of furan rings is 1. The fourth-order valence-corrected chi connectivity index (χ4v) is 3.52. The second-order valence-corrected chi connectivity index (χ2v) is 7.33. The van der Waals surface area contributed by atoms with Crippen LogP contribution in [0.25, 0.3) is 0 Å². The summed E-state index contributed by atoms with van der Waals surface area (Å²) in [4.78, 5) is 28.2. The highest BCUT2D eigenvalue weighted by Gasteiger charge is 2.31. The molecule has 1 N–H and O–H groups in total. The number of carbonyl (C=O) groups excluding carboxylic acids is 2. The van der Waals surface area contributed by atoms with Gasteiger partial charge in [0.2, 0.25) is 5.91 Å². The summed E-state index contributed by atoms with van der Waals surface area (Å²) in [5.74, 6) is 1.24. The van der Waals surface area contributed by atoms with Crippen LogP contribution in [0.5, 0.6) is 0 Å². The molecule has 2 aliphatic rings. The van der Waals surface area contributed by atoms with Gasteiger partial charge in [-0.05, 0) is 31.0 Å². The van der Waals surface area contributed by atoms with Crippen LogP contribution < -0.4 is 5.32 Å². The molecule has 0 spiro atoms. The molecule has 0 atom stereocenters. The number of hydrogen-bond acceptors (Lipinski definition) is 4. The molecule has 2 aromatic rings. The Balaban J connectivity index is 1.30. The second kappa shape index (κ2) is 7.46. The highest BCUT2D eigenvalue weighted by molar-refractivity contribution is 5.79. The minimum Gasteiger partial charge on any atom is -0.467 e. The minimum atomic E-state index is -0.181. The van der Waals surface area contributed by atoms with Crippen molar-refractivity contribution in [3.63, 3.8) is 0 Å². The number of aromatic nitrogens is 2. The Bertz CT molecular complexity index is 809. The molecule has 0 aromatic carbocycles. The van der Waals surface area contributed by atoms with E-state index >= 15 is 0 Å². The summed E-state index contributed by atoms with van der Waals surface area (Å²) in [6.45, 7) is 2.80. The first kappa shape index (κ1) is 17.6. The lowest BCUT2D eigenvalue weighted by atomic mass is 9.84. The van der Waals surface area contributed by atoms with Crippen molar-refractivity contribution in [1.29, 1.82) is 0 Å². The van der Waals surface area contributed by atoms with Gasteiger partial charge in [0.25, 0.3) is 0 Å². The third kappa shape index (κ3) is 3.84. The topological polar surface area (TPSA) is 83.6 Å². The number of amides is 3. The molecule has 144 valence electrons. The predicted octanol–water partition coefficient (Wildman–Crippen LogP) is 1.96. The van der Waals surface area contributed by atoms with Crippen molar-refractivity contribution in [3.8, 4) is 0 Å². The molecule has 2 aromatic heterocycles. The Labute approximate surface area is 158 Å². The maximum Gasteiger partial charge on any atom is 0.317 e. The number of hydrogen-bond donors (Lipinski definition) is 1. The molecule has 1 fully saturated rings. The van der Waals surface area contributed by atoms with E-state index in [0.717, 1.165) is 30.0 Å². The number of rotatable bonds is 5. The van der Waals surface area contributed by atoms with Crippen LogP contribution in [0.3, 0.4) is 0 Å². The molecule has 0 radical (unpaired) electrons. The molecule has 3 heterocycles. The van der Waals surface area contributed by atoms with Gasteiger partial charge in [-0.25, -0.2) is 4.79 Å². The molecular weight excluding hydrogens is 346 g/mol. The van der Waals surface area contributed by atoms with E-state index in [0.29, 0.717) is 32.7 Å². The highest BCUT2D eigenvalue weighted by atomic mass is 16.3. The molecule has 27 heavy (non-hydrogen) atoms. The Kier molecular flexibility index (Phi) is 4.87. The smallest absolute Gasteiger partial charge is 0.317 e. The number of fused-ring (bicyclic) bond motifs is 1. The lowest BCUT2D eigenvalue weighted by molar-refractivity contribution is -0.139. The van der Waals surface area contributed by atoms with Crippen LogP contribution >= 0.6 is 0 Å². The zero-order valence-electron chi connectivity index (χ0n) is 15.6. The van der Waals surface area contributed by atoms with Crippen LogP contribution in [-0.2, 0) is 31.0 Å². The van der Waals surface area contributed by atoms with Crippen LogP contribution in [0.4, 0.5) is 4.79 Å². The lowest BCUT2D eigenvalue weighted by Gasteiger charge is -2.34. The van der Waals surface area contributed by atoms with Gasteiger partial charge in [-0.1, -0.05) is 6.42 Å². The quantitative estimate of drug-likeness (QED) is 0.871. The van der Waals surface area contributed by atoms with Crippen LogP contribution in [-0.4, -0.2) is 45.1 Å². The Hall–Kier alpha value is -2.77.